The first-order valence-corrected chi connectivity index (χ1v) is 12.4. The number of hydrogen-bond acceptors (Lipinski definition) is 6. The van der Waals surface area contributed by atoms with Gasteiger partial charge in [0.2, 0.25) is 5.91 Å². The Morgan fingerprint density at radius 3 is 2.14 bits per heavy atom. The Kier molecular flexibility index (Phi) is 11.8. The molecule has 0 saturated heterocycles. The van der Waals surface area contributed by atoms with Gasteiger partial charge in [-0.3, -0.25) is 9.59 Å². The number of hydrogen-bond donors (Lipinski definition) is 1. The maximum Gasteiger partial charge on any atom is 0.254 e. The molecule has 8 nitrogen and oxygen atoms in total. The fraction of sp³-hybridized carbons (Fsp3) is 0.464. The molecular formula is C28H39N3O5. The minimum absolute atomic E-state index is 0.0161. The molecule has 0 spiro atoms. The number of benzene rings is 2. The Morgan fingerprint density at radius 2 is 1.56 bits per heavy atom. The largest absolute Gasteiger partial charge is 0.494 e. The van der Waals surface area contributed by atoms with E-state index in [9.17, 15) is 9.59 Å². The van der Waals surface area contributed by atoms with Gasteiger partial charge in [0.15, 0.2) is 11.5 Å². The Morgan fingerprint density at radius 1 is 0.917 bits per heavy atom. The number of carbonyl (C=O) groups is 2. The van der Waals surface area contributed by atoms with Crippen molar-refractivity contribution in [3.63, 3.8) is 0 Å². The van der Waals surface area contributed by atoms with E-state index in [1.807, 2.05) is 56.9 Å². The summed E-state index contributed by atoms with van der Waals surface area (Å²) in [6.07, 6.45) is 4.32. The third-order valence-electron chi connectivity index (χ3n) is 5.39. The van der Waals surface area contributed by atoms with Crippen LogP contribution in [0.2, 0.25) is 0 Å². The molecule has 0 aromatic heterocycles. The molecule has 0 fully saturated rings. The predicted molar refractivity (Wildman–Crippen MR) is 142 cm³/mol. The lowest BCUT2D eigenvalue weighted by atomic mass is 10.1. The van der Waals surface area contributed by atoms with Crippen LogP contribution in [-0.4, -0.2) is 55.3 Å². The van der Waals surface area contributed by atoms with Crippen LogP contribution in [-0.2, 0) is 4.79 Å². The highest BCUT2D eigenvalue weighted by molar-refractivity contribution is 5.95. The molecule has 2 aromatic rings. The summed E-state index contributed by atoms with van der Waals surface area (Å²) in [5.41, 5.74) is 3.83. The normalized spacial score (nSPS) is 11.1. The van der Waals surface area contributed by atoms with Gasteiger partial charge < -0.3 is 19.1 Å². The summed E-state index contributed by atoms with van der Waals surface area (Å²) in [5, 5.41) is 3.84. The number of methoxy groups -OCH3 is 1. The standard InChI is InChI=1S/C28H39N3O5/c1-20(2)31(21(3)4)28(33)24-12-15-26(27(18-24)34-6)36-17-9-7-8-16-35-25-13-10-23(11-14-25)19-29-30-22(5)32/h10-15,18-21H,7-9,16-17H2,1-6H3,(H,30,32). The van der Waals surface area contributed by atoms with Gasteiger partial charge in [-0.05, 0) is 95.0 Å². The third-order valence-corrected chi connectivity index (χ3v) is 5.39. The molecule has 2 amide bonds. The molecule has 1 N–H and O–H groups in total. The molecule has 2 aromatic carbocycles. The van der Waals surface area contributed by atoms with Crippen LogP contribution in [0.5, 0.6) is 17.2 Å². The highest BCUT2D eigenvalue weighted by Crippen LogP contribution is 2.29. The first-order valence-electron chi connectivity index (χ1n) is 12.4. The second-order valence-corrected chi connectivity index (χ2v) is 9.02. The highest BCUT2D eigenvalue weighted by atomic mass is 16.5. The fourth-order valence-corrected chi connectivity index (χ4v) is 3.74. The Balaban J connectivity index is 1.74. The summed E-state index contributed by atoms with van der Waals surface area (Å²) in [6.45, 7) is 10.6. The van der Waals surface area contributed by atoms with Crippen molar-refractivity contribution >= 4 is 18.0 Å². The summed E-state index contributed by atoms with van der Waals surface area (Å²) in [6, 6.07) is 13.1. The van der Waals surface area contributed by atoms with Gasteiger partial charge in [-0.1, -0.05) is 0 Å². The van der Waals surface area contributed by atoms with E-state index in [0.717, 1.165) is 30.6 Å². The number of carbonyl (C=O) groups excluding carboxylic acids is 2. The van der Waals surface area contributed by atoms with Crippen LogP contribution < -0.4 is 19.6 Å². The van der Waals surface area contributed by atoms with E-state index in [1.54, 1.807) is 31.5 Å². The molecule has 0 radical (unpaired) electrons. The Labute approximate surface area is 214 Å². The lowest BCUT2D eigenvalue weighted by Gasteiger charge is -2.31. The average molecular weight is 498 g/mol. The van der Waals surface area contributed by atoms with Crippen molar-refractivity contribution in [1.82, 2.24) is 10.3 Å². The smallest absolute Gasteiger partial charge is 0.254 e. The molecule has 0 atom stereocenters. The van der Waals surface area contributed by atoms with E-state index in [0.29, 0.717) is 30.3 Å². The number of hydrazone groups is 1. The monoisotopic (exact) mass is 497 g/mol. The molecule has 8 heteroatoms. The third kappa shape index (κ3) is 9.24. The van der Waals surface area contributed by atoms with Crippen molar-refractivity contribution < 1.29 is 23.8 Å². The molecule has 0 saturated carbocycles. The van der Waals surface area contributed by atoms with E-state index in [4.69, 9.17) is 14.2 Å². The zero-order chi connectivity index (χ0) is 26.5. The molecule has 196 valence electrons. The first kappa shape index (κ1) is 28.7. The molecule has 0 aliphatic rings. The molecule has 0 unspecified atom stereocenters. The van der Waals surface area contributed by atoms with Gasteiger partial charge in [0.25, 0.3) is 5.91 Å². The van der Waals surface area contributed by atoms with Crippen molar-refractivity contribution in [2.45, 2.75) is 66.0 Å². The van der Waals surface area contributed by atoms with Crippen molar-refractivity contribution in [2.75, 3.05) is 20.3 Å². The quantitative estimate of drug-likeness (QED) is 0.224. The van der Waals surface area contributed by atoms with Gasteiger partial charge >= 0.3 is 0 Å². The summed E-state index contributed by atoms with van der Waals surface area (Å²) in [4.78, 5) is 25.6. The van der Waals surface area contributed by atoms with Gasteiger partial charge in [0.1, 0.15) is 5.75 Å². The summed E-state index contributed by atoms with van der Waals surface area (Å²) >= 11 is 0. The Bertz CT molecular complexity index is 995. The van der Waals surface area contributed by atoms with Gasteiger partial charge in [-0.25, -0.2) is 5.43 Å². The van der Waals surface area contributed by atoms with Crippen molar-refractivity contribution in [3.8, 4) is 17.2 Å². The molecule has 2 rings (SSSR count). The van der Waals surface area contributed by atoms with Crippen LogP contribution in [0.4, 0.5) is 0 Å². The summed E-state index contributed by atoms with van der Waals surface area (Å²) in [5.74, 6) is 1.75. The first-order chi connectivity index (χ1) is 17.2. The SMILES string of the molecule is COc1cc(C(=O)N(C(C)C)C(C)C)ccc1OCCCCCOc1ccc(C=NNC(C)=O)cc1. The molecule has 36 heavy (non-hydrogen) atoms. The van der Waals surface area contributed by atoms with Crippen LogP contribution in [0, 0.1) is 0 Å². The van der Waals surface area contributed by atoms with Gasteiger partial charge in [0, 0.05) is 24.6 Å². The maximum absolute atomic E-state index is 12.9. The second kappa shape index (κ2) is 14.8. The molecule has 0 aliphatic carbocycles. The van der Waals surface area contributed by atoms with E-state index in [-0.39, 0.29) is 23.9 Å². The highest BCUT2D eigenvalue weighted by Gasteiger charge is 2.22. The van der Waals surface area contributed by atoms with Crippen molar-refractivity contribution in [3.05, 3.63) is 53.6 Å². The zero-order valence-corrected chi connectivity index (χ0v) is 22.2. The number of nitrogens with zero attached hydrogens (tertiary/aromatic N) is 2. The van der Waals surface area contributed by atoms with Gasteiger partial charge in [0.05, 0.1) is 26.5 Å². The van der Waals surface area contributed by atoms with Crippen LogP contribution in [0.3, 0.4) is 0 Å². The molecular weight excluding hydrogens is 458 g/mol. The molecule has 0 aliphatic heterocycles. The lowest BCUT2D eigenvalue weighted by molar-refractivity contribution is -0.118. The van der Waals surface area contributed by atoms with E-state index < -0.39 is 0 Å². The summed E-state index contributed by atoms with van der Waals surface area (Å²) in [7, 11) is 1.58. The van der Waals surface area contributed by atoms with Crippen LogP contribution >= 0.6 is 0 Å². The van der Waals surface area contributed by atoms with Crippen LogP contribution in [0.15, 0.2) is 47.6 Å². The molecule has 0 bridgehead atoms. The number of amides is 2. The minimum atomic E-state index is -0.208. The number of ether oxygens (including phenoxy) is 3. The van der Waals surface area contributed by atoms with Gasteiger partial charge in [-0.15, -0.1) is 0 Å². The predicted octanol–water partition coefficient (Wildman–Crippen LogP) is 5.05. The van der Waals surface area contributed by atoms with Crippen LogP contribution in [0.1, 0.15) is 69.8 Å². The van der Waals surface area contributed by atoms with Crippen molar-refractivity contribution in [1.29, 1.82) is 0 Å². The maximum atomic E-state index is 12.9. The zero-order valence-electron chi connectivity index (χ0n) is 22.2. The number of nitrogens with one attached hydrogen (secondary N) is 1. The van der Waals surface area contributed by atoms with E-state index in [2.05, 4.69) is 10.5 Å². The average Bonchev–Trinajstić information content (AvgIpc) is 2.83. The second-order valence-electron chi connectivity index (χ2n) is 9.02. The Hall–Kier alpha value is -3.55. The topological polar surface area (TPSA) is 89.5 Å². The summed E-state index contributed by atoms with van der Waals surface area (Å²) < 4.78 is 17.2. The van der Waals surface area contributed by atoms with E-state index >= 15 is 0 Å². The minimum Gasteiger partial charge on any atom is -0.494 e. The lowest BCUT2D eigenvalue weighted by Crippen LogP contribution is -2.42. The number of rotatable bonds is 14. The number of unbranched alkanes of at least 4 members (excludes halogenated alkanes) is 2. The fourth-order valence-electron chi connectivity index (χ4n) is 3.74. The van der Waals surface area contributed by atoms with Gasteiger partial charge in [-0.2, -0.15) is 5.10 Å². The van der Waals surface area contributed by atoms with E-state index in [1.165, 1.54) is 6.92 Å². The van der Waals surface area contributed by atoms with Crippen molar-refractivity contribution in [2.24, 2.45) is 5.10 Å². The van der Waals surface area contributed by atoms with Crippen LogP contribution in [0.25, 0.3) is 0 Å². The molecule has 0 heterocycles.